The van der Waals surface area contributed by atoms with Gasteiger partial charge in [-0.05, 0) is 131 Å². The van der Waals surface area contributed by atoms with E-state index in [-0.39, 0.29) is 72.3 Å². The Kier molecular flexibility index (Phi) is 22.7. The Morgan fingerprint density at radius 3 is 2.09 bits per heavy atom. The largest absolute Gasteiger partial charge is 2.00 e. The number of aromatic nitrogens is 4. The van der Waals surface area contributed by atoms with Gasteiger partial charge >= 0.3 is 35.0 Å². The van der Waals surface area contributed by atoms with Crippen LogP contribution in [-0.4, -0.2) is 80.6 Å². The maximum absolute atomic E-state index is 14.4. The molecule has 3 aromatic heterocycles. The number of esters is 2. The second-order valence-electron chi connectivity index (χ2n) is 20.8. The molecular weight excluding hydrogens is 883 g/mol. The SMILES string of the molecule is C=Cc1c(C)c2cc3nc(c(CC(=O)OC)c4nc(cc5[nH]c(cc1[nH]2)c(C)c5CC)C(C)=C4C(=O)NC(C)CC)C(CCC(=O)OCC=C(C)CCCC(C)CCCC(C)CCCC(C)C)C3C.[Mg+2]. The number of carbonyl (C=O) groups is 3. The molecule has 0 radical (unpaired) electrons. The van der Waals surface area contributed by atoms with Crippen molar-refractivity contribution in [3.05, 3.63) is 87.0 Å². The topological polar surface area (TPSA) is 139 Å². The van der Waals surface area contributed by atoms with Crippen LogP contribution >= 0.6 is 0 Å². The summed E-state index contributed by atoms with van der Waals surface area (Å²) < 4.78 is 11.2. The van der Waals surface area contributed by atoms with Crippen LogP contribution in [0.25, 0.3) is 39.3 Å². The number of nitrogens with one attached hydrogen (secondary N) is 3. The molecule has 5 heterocycles. The maximum Gasteiger partial charge on any atom is 2.00 e. The number of hydrogen-bond donors (Lipinski definition) is 3. The number of allylic oxidation sites excluding steroid dienone is 2. The summed E-state index contributed by atoms with van der Waals surface area (Å²) in [6.07, 6.45) is 17.1. The van der Waals surface area contributed by atoms with Crippen molar-refractivity contribution in [3.63, 3.8) is 0 Å². The van der Waals surface area contributed by atoms with E-state index in [1.54, 1.807) is 0 Å². The Morgan fingerprint density at radius 1 is 0.814 bits per heavy atom. The molecule has 0 spiro atoms. The molecule has 5 unspecified atom stereocenters. The molecule has 5 atom stereocenters. The van der Waals surface area contributed by atoms with Gasteiger partial charge in [-0.15, -0.1) is 0 Å². The minimum absolute atomic E-state index is 0. The number of rotatable bonds is 24. The Morgan fingerprint density at radius 2 is 1.46 bits per heavy atom. The van der Waals surface area contributed by atoms with Crippen molar-refractivity contribution >= 4 is 80.2 Å². The van der Waals surface area contributed by atoms with Crippen molar-refractivity contribution < 1.29 is 23.9 Å². The fraction of sp³-hybridized carbons (Fsp3) is 0.576. The molecule has 0 saturated carbocycles. The number of carbonyl (C=O) groups excluding carboxylic acids is 3. The molecule has 3 N–H and O–H groups in total. The normalized spacial score (nSPS) is 16.2. The average Bonchev–Trinajstić information content (AvgIpc) is 3.99. The summed E-state index contributed by atoms with van der Waals surface area (Å²) >= 11 is 0. The van der Waals surface area contributed by atoms with Crippen LogP contribution < -0.4 is 5.32 Å². The summed E-state index contributed by atoms with van der Waals surface area (Å²) in [5.41, 5.74) is 13.2. The van der Waals surface area contributed by atoms with Crippen LogP contribution in [0.2, 0.25) is 0 Å². The number of aryl methyl sites for hydroxylation is 3. The van der Waals surface area contributed by atoms with Crippen molar-refractivity contribution in [2.24, 2.45) is 17.8 Å². The predicted octanol–water partition coefficient (Wildman–Crippen LogP) is 13.9. The average molecular weight is 969 g/mol. The van der Waals surface area contributed by atoms with Gasteiger partial charge in [-0.25, -0.2) is 4.98 Å². The Hall–Kier alpha value is -4.48. The third kappa shape index (κ3) is 15.0. The van der Waals surface area contributed by atoms with E-state index in [2.05, 4.69) is 96.3 Å². The van der Waals surface area contributed by atoms with Crippen LogP contribution in [0.4, 0.5) is 0 Å². The van der Waals surface area contributed by atoms with E-state index in [0.29, 0.717) is 46.1 Å². The second-order valence-corrected chi connectivity index (χ2v) is 20.8. The van der Waals surface area contributed by atoms with Gasteiger partial charge in [-0.3, -0.25) is 19.4 Å². The van der Waals surface area contributed by atoms with Crippen molar-refractivity contribution in [1.82, 2.24) is 25.3 Å². The van der Waals surface area contributed by atoms with Gasteiger partial charge in [0.05, 0.1) is 36.2 Å². The van der Waals surface area contributed by atoms with Crippen LogP contribution in [-0.2, 0) is 36.7 Å². The quantitative estimate of drug-likeness (QED) is 0.0461. The van der Waals surface area contributed by atoms with E-state index in [9.17, 15) is 14.4 Å². The van der Waals surface area contributed by atoms with Crippen LogP contribution in [0.3, 0.4) is 0 Å². The van der Waals surface area contributed by atoms with Crippen LogP contribution in [0, 0.1) is 31.6 Å². The number of methoxy groups -OCH3 is 1. The summed E-state index contributed by atoms with van der Waals surface area (Å²) in [5.74, 6) is 0.811. The molecule has 1 amide bonds. The number of ether oxygens (including phenoxy) is 2. The molecule has 8 bridgehead atoms. The van der Waals surface area contributed by atoms with Gasteiger partial charge in [0.25, 0.3) is 5.91 Å². The monoisotopic (exact) mass is 968 g/mol. The van der Waals surface area contributed by atoms with E-state index in [0.717, 1.165) is 87.5 Å². The fourth-order valence-corrected chi connectivity index (χ4v) is 10.2. The summed E-state index contributed by atoms with van der Waals surface area (Å²) in [5, 5.41) is 3.17. The van der Waals surface area contributed by atoms with Crippen LogP contribution in [0.1, 0.15) is 209 Å². The van der Waals surface area contributed by atoms with Gasteiger partial charge in [0.1, 0.15) is 6.61 Å². The molecule has 2 aliphatic rings. The van der Waals surface area contributed by atoms with Gasteiger partial charge in [0, 0.05) is 63.2 Å². The zero-order chi connectivity index (χ0) is 50.5. The number of nitrogens with zero attached hydrogens (tertiary/aromatic N) is 2. The third-order valence-electron chi connectivity index (χ3n) is 15.0. The molecule has 0 aliphatic carbocycles. The zero-order valence-corrected chi connectivity index (χ0v) is 46.7. The van der Waals surface area contributed by atoms with Crippen molar-refractivity contribution in [1.29, 1.82) is 0 Å². The zero-order valence-electron chi connectivity index (χ0n) is 45.3. The number of fused-ring (bicyclic) bond motifs is 8. The minimum atomic E-state index is -0.479. The van der Waals surface area contributed by atoms with Gasteiger partial charge in [0.2, 0.25) is 0 Å². The summed E-state index contributed by atoms with van der Waals surface area (Å²) in [7, 11) is 1.36. The number of H-pyrrole nitrogens is 2. The predicted molar refractivity (Wildman–Crippen MR) is 292 cm³/mol. The van der Waals surface area contributed by atoms with Gasteiger partial charge in [0.15, 0.2) is 0 Å². The van der Waals surface area contributed by atoms with E-state index >= 15 is 0 Å². The minimum Gasteiger partial charge on any atom is -0.469 e. The molecule has 376 valence electrons. The maximum atomic E-state index is 14.4. The first kappa shape index (κ1) is 58.1. The smallest absolute Gasteiger partial charge is 0.469 e. The number of amides is 1. The Balaban J connectivity index is 0.0000107. The molecule has 0 saturated heterocycles. The summed E-state index contributed by atoms with van der Waals surface area (Å²) in [6.45, 7) is 30.3. The fourth-order valence-electron chi connectivity index (χ4n) is 10.2. The molecule has 10 nitrogen and oxygen atoms in total. The first-order valence-electron chi connectivity index (χ1n) is 26.2. The number of hydrogen-bond acceptors (Lipinski definition) is 7. The molecule has 3 aromatic rings. The van der Waals surface area contributed by atoms with Gasteiger partial charge in [-0.2, -0.15) is 0 Å². The van der Waals surface area contributed by atoms with E-state index in [1.807, 2.05) is 39.0 Å². The first-order chi connectivity index (χ1) is 32.9. The molecule has 0 fully saturated rings. The van der Waals surface area contributed by atoms with E-state index < -0.39 is 5.97 Å². The molecule has 0 aromatic carbocycles. The van der Waals surface area contributed by atoms with Gasteiger partial charge in [-0.1, -0.05) is 112 Å². The first-order valence-corrected chi connectivity index (χ1v) is 26.2. The molecule has 11 heteroatoms. The van der Waals surface area contributed by atoms with Crippen LogP contribution in [0.5, 0.6) is 0 Å². The van der Waals surface area contributed by atoms with E-state index in [4.69, 9.17) is 19.4 Å². The van der Waals surface area contributed by atoms with Crippen LogP contribution in [0.15, 0.2) is 36.4 Å². The van der Waals surface area contributed by atoms with Crippen molar-refractivity contribution in [2.75, 3.05) is 13.7 Å². The summed E-state index contributed by atoms with van der Waals surface area (Å²) in [6, 6.07) is 6.11. The Labute approximate surface area is 436 Å². The molecule has 70 heavy (non-hydrogen) atoms. The van der Waals surface area contributed by atoms with E-state index in [1.165, 1.54) is 57.6 Å². The molecular formula is C59H85MgN5O5+2. The van der Waals surface area contributed by atoms with Gasteiger partial charge < -0.3 is 24.8 Å². The van der Waals surface area contributed by atoms with Crippen molar-refractivity contribution in [3.8, 4) is 0 Å². The summed E-state index contributed by atoms with van der Waals surface area (Å²) in [4.78, 5) is 59.4. The second kappa shape index (κ2) is 27.4. The Bertz CT molecular complexity index is 2550. The standard InChI is InChI=1S/C59H85N5O5.Mg/c1-15-39(9)60-59(67)56-43(13)51-34-53-45(17-3)41(11)49(62-53)33-52-44(16-2)40(10)48(61-52)32-50-42(12)46(57(63-50)47(58(56)64-51)31-55(66)68-14)27-28-54(65)69-30-29-38(8)26-20-25-37(7)24-19-23-36(6)22-18-21-35(4)5;/h16,29,32-37,39,42,46,61-62H,2,15,17-28,30-31H2,1,3-14H3,(H,60,67);/q;+2. The third-order valence-corrected chi connectivity index (χ3v) is 15.0. The number of aromatic amines is 2. The molecule has 2 aliphatic heterocycles. The van der Waals surface area contributed by atoms with Crippen molar-refractivity contribution in [2.45, 2.75) is 191 Å². The molecule has 5 rings (SSSR count).